The Labute approximate surface area is 110 Å². The molecule has 5 nitrogen and oxygen atoms in total. The Morgan fingerprint density at radius 1 is 1.50 bits per heavy atom. The lowest BCUT2D eigenvalue weighted by atomic mass is 10.1. The first-order valence-corrected chi connectivity index (χ1v) is 6.84. The number of hydrogen-bond acceptors (Lipinski definition) is 4. The van der Waals surface area contributed by atoms with Crippen LogP contribution in [0.15, 0.2) is 0 Å². The largest absolute Gasteiger partial charge is 0.444 e. The normalized spacial score (nSPS) is 20.9. The van der Waals surface area contributed by atoms with Gasteiger partial charge in [-0.15, -0.1) is 0 Å². The summed E-state index contributed by atoms with van der Waals surface area (Å²) in [6.45, 7) is 8.84. The fraction of sp³-hybridized carbons (Fsp3) is 0.923. The Morgan fingerprint density at radius 2 is 2.22 bits per heavy atom. The molecule has 0 aliphatic carbocycles. The van der Waals surface area contributed by atoms with Crippen LogP contribution in [0.3, 0.4) is 0 Å². The monoisotopic (exact) mass is 257 g/mol. The zero-order valence-corrected chi connectivity index (χ0v) is 11.9. The van der Waals surface area contributed by atoms with E-state index in [1.165, 1.54) is 0 Å². The summed E-state index contributed by atoms with van der Waals surface area (Å²) in [6.07, 6.45) is 2.92. The number of nitrogens with two attached hydrogens (primary N) is 1. The topological polar surface area (TPSA) is 67.6 Å². The highest BCUT2D eigenvalue weighted by Gasteiger charge is 2.27. The number of likely N-dealkylation sites (tertiary alicyclic amines) is 1. The van der Waals surface area contributed by atoms with Crippen LogP contribution in [0.25, 0.3) is 0 Å². The number of carbonyl (C=O) groups is 1. The average Bonchev–Trinajstić information content (AvgIpc) is 2.27. The lowest BCUT2D eigenvalue weighted by Crippen LogP contribution is -2.49. The number of ether oxygens (including phenoxy) is 1. The molecule has 0 aromatic rings. The van der Waals surface area contributed by atoms with Crippen molar-refractivity contribution >= 4 is 6.09 Å². The zero-order valence-electron chi connectivity index (χ0n) is 11.9. The number of hydrogen-bond donors (Lipinski definition) is 2. The van der Waals surface area contributed by atoms with E-state index in [1.54, 1.807) is 4.90 Å². The molecule has 5 heteroatoms. The Hall–Kier alpha value is -0.810. The molecule has 1 rings (SSSR count). The Kier molecular flexibility index (Phi) is 5.88. The van der Waals surface area contributed by atoms with Gasteiger partial charge < -0.3 is 20.7 Å². The average molecular weight is 257 g/mol. The molecule has 0 radical (unpaired) electrons. The fourth-order valence-corrected chi connectivity index (χ4v) is 2.04. The Morgan fingerprint density at radius 3 is 2.83 bits per heavy atom. The highest BCUT2D eigenvalue weighted by Crippen LogP contribution is 2.15. The summed E-state index contributed by atoms with van der Waals surface area (Å²) in [7, 11) is 0. The molecule has 0 spiro atoms. The van der Waals surface area contributed by atoms with Gasteiger partial charge in [0.05, 0.1) is 0 Å². The van der Waals surface area contributed by atoms with Gasteiger partial charge in [-0.1, -0.05) is 0 Å². The van der Waals surface area contributed by atoms with E-state index < -0.39 is 5.60 Å². The summed E-state index contributed by atoms with van der Waals surface area (Å²) < 4.78 is 5.39. The van der Waals surface area contributed by atoms with Gasteiger partial charge >= 0.3 is 6.09 Å². The van der Waals surface area contributed by atoms with Gasteiger partial charge in [0, 0.05) is 19.1 Å². The molecule has 106 valence electrons. The summed E-state index contributed by atoms with van der Waals surface area (Å²) in [4.78, 5) is 13.7. The summed E-state index contributed by atoms with van der Waals surface area (Å²) in [6, 6.07) is 0.373. The van der Waals surface area contributed by atoms with Crippen molar-refractivity contribution in [1.82, 2.24) is 10.2 Å². The van der Waals surface area contributed by atoms with Crippen LogP contribution in [0.5, 0.6) is 0 Å². The molecule has 0 aromatic heterocycles. The molecule has 1 aliphatic rings. The van der Waals surface area contributed by atoms with E-state index in [2.05, 4.69) is 5.32 Å². The summed E-state index contributed by atoms with van der Waals surface area (Å²) in [5, 5.41) is 3.44. The van der Waals surface area contributed by atoms with E-state index in [0.717, 1.165) is 38.9 Å². The second-order valence-corrected chi connectivity index (χ2v) is 5.86. The van der Waals surface area contributed by atoms with Gasteiger partial charge in [-0.05, 0) is 53.1 Å². The van der Waals surface area contributed by atoms with Crippen LogP contribution in [-0.2, 0) is 4.74 Å². The van der Waals surface area contributed by atoms with Crippen molar-refractivity contribution in [1.29, 1.82) is 0 Å². The lowest BCUT2D eigenvalue weighted by Gasteiger charge is -2.34. The quantitative estimate of drug-likeness (QED) is 0.746. The van der Waals surface area contributed by atoms with Crippen molar-refractivity contribution in [2.24, 2.45) is 5.73 Å². The van der Waals surface area contributed by atoms with E-state index in [-0.39, 0.29) is 6.09 Å². The lowest BCUT2D eigenvalue weighted by molar-refractivity contribution is 0.0188. The van der Waals surface area contributed by atoms with Gasteiger partial charge in [0.15, 0.2) is 0 Å². The molecule has 1 unspecified atom stereocenters. The SMILES string of the molecule is CC(C)(C)OC(=O)N1CCCC(NCCCN)C1. The number of amides is 1. The van der Waals surface area contributed by atoms with Gasteiger partial charge in [0.25, 0.3) is 0 Å². The van der Waals surface area contributed by atoms with Gasteiger partial charge in [0.2, 0.25) is 0 Å². The summed E-state index contributed by atoms with van der Waals surface area (Å²) >= 11 is 0. The van der Waals surface area contributed by atoms with Gasteiger partial charge in [-0.25, -0.2) is 4.79 Å². The first kappa shape index (κ1) is 15.2. The molecule has 0 saturated carbocycles. The third-order valence-corrected chi connectivity index (χ3v) is 2.89. The van der Waals surface area contributed by atoms with E-state index in [0.29, 0.717) is 12.6 Å². The predicted molar refractivity (Wildman–Crippen MR) is 72.5 cm³/mol. The molecule has 1 atom stereocenters. The standard InChI is InChI=1S/C13H27N3O2/c1-13(2,3)18-12(17)16-9-4-6-11(10-16)15-8-5-7-14/h11,15H,4-10,14H2,1-3H3. The van der Waals surface area contributed by atoms with Crippen LogP contribution >= 0.6 is 0 Å². The van der Waals surface area contributed by atoms with Crippen LogP contribution in [-0.4, -0.2) is 48.8 Å². The third-order valence-electron chi connectivity index (χ3n) is 2.89. The minimum Gasteiger partial charge on any atom is -0.444 e. The van der Waals surface area contributed by atoms with Crippen LogP contribution in [0.1, 0.15) is 40.0 Å². The molecule has 0 aromatic carbocycles. The highest BCUT2D eigenvalue weighted by molar-refractivity contribution is 5.68. The Balaban J connectivity index is 2.36. The van der Waals surface area contributed by atoms with Gasteiger partial charge in [0.1, 0.15) is 5.60 Å². The molecular formula is C13H27N3O2. The summed E-state index contributed by atoms with van der Waals surface area (Å²) in [5.74, 6) is 0. The van der Waals surface area contributed by atoms with Crippen molar-refractivity contribution in [3.63, 3.8) is 0 Å². The van der Waals surface area contributed by atoms with Gasteiger partial charge in [-0.2, -0.15) is 0 Å². The van der Waals surface area contributed by atoms with E-state index >= 15 is 0 Å². The second kappa shape index (κ2) is 6.95. The maximum Gasteiger partial charge on any atom is 0.410 e. The summed E-state index contributed by atoms with van der Waals surface area (Å²) in [5.41, 5.74) is 5.04. The van der Waals surface area contributed by atoms with Crippen molar-refractivity contribution in [2.75, 3.05) is 26.2 Å². The molecular weight excluding hydrogens is 230 g/mol. The van der Waals surface area contributed by atoms with Crippen molar-refractivity contribution in [3.8, 4) is 0 Å². The maximum atomic E-state index is 11.9. The molecule has 1 aliphatic heterocycles. The minimum atomic E-state index is -0.420. The van der Waals surface area contributed by atoms with E-state index in [1.807, 2.05) is 20.8 Å². The number of rotatable bonds is 4. The smallest absolute Gasteiger partial charge is 0.410 e. The van der Waals surface area contributed by atoms with Crippen LogP contribution < -0.4 is 11.1 Å². The van der Waals surface area contributed by atoms with Crippen molar-refractivity contribution in [2.45, 2.75) is 51.7 Å². The third kappa shape index (κ3) is 5.69. The maximum absolute atomic E-state index is 11.9. The van der Waals surface area contributed by atoms with Crippen molar-refractivity contribution in [3.05, 3.63) is 0 Å². The molecule has 0 bridgehead atoms. The molecule has 1 heterocycles. The number of carbonyl (C=O) groups excluding carboxylic acids is 1. The first-order valence-electron chi connectivity index (χ1n) is 6.84. The Bertz CT molecular complexity index is 263. The second-order valence-electron chi connectivity index (χ2n) is 5.86. The number of nitrogens with one attached hydrogen (secondary N) is 1. The minimum absolute atomic E-state index is 0.201. The molecule has 18 heavy (non-hydrogen) atoms. The number of nitrogens with zero attached hydrogens (tertiary/aromatic N) is 1. The molecule has 3 N–H and O–H groups in total. The van der Waals surface area contributed by atoms with E-state index in [4.69, 9.17) is 10.5 Å². The predicted octanol–water partition coefficient (Wildman–Crippen LogP) is 1.32. The van der Waals surface area contributed by atoms with Crippen LogP contribution in [0, 0.1) is 0 Å². The fourth-order valence-electron chi connectivity index (χ4n) is 2.04. The molecule has 1 saturated heterocycles. The van der Waals surface area contributed by atoms with Gasteiger partial charge in [-0.3, -0.25) is 0 Å². The van der Waals surface area contributed by atoms with Crippen LogP contribution in [0.2, 0.25) is 0 Å². The first-order chi connectivity index (χ1) is 8.42. The van der Waals surface area contributed by atoms with E-state index in [9.17, 15) is 4.79 Å². The van der Waals surface area contributed by atoms with Crippen molar-refractivity contribution < 1.29 is 9.53 Å². The molecule has 1 fully saturated rings. The highest BCUT2D eigenvalue weighted by atomic mass is 16.6. The molecule has 1 amide bonds. The zero-order chi connectivity index (χ0) is 13.6. The van der Waals surface area contributed by atoms with Crippen LogP contribution in [0.4, 0.5) is 4.79 Å². The number of piperidine rings is 1.